The fourth-order valence-corrected chi connectivity index (χ4v) is 1.97. The summed E-state index contributed by atoms with van der Waals surface area (Å²) >= 11 is 0. The lowest BCUT2D eigenvalue weighted by molar-refractivity contribution is -0.155. The molecule has 1 aliphatic carbocycles. The van der Waals surface area contributed by atoms with Crippen molar-refractivity contribution in [2.75, 3.05) is 13.1 Å². The molecule has 0 radical (unpaired) electrons. The van der Waals surface area contributed by atoms with E-state index < -0.39 is 11.6 Å². The first kappa shape index (κ1) is 8.94. The van der Waals surface area contributed by atoms with Crippen LogP contribution in [0, 0.1) is 0 Å². The molecular weight excluding hydrogens is 173 g/mol. The van der Waals surface area contributed by atoms with Gasteiger partial charge in [-0.2, -0.15) is 0 Å². The Kier molecular flexibility index (Phi) is 2.02. The molecule has 0 aromatic heterocycles. The van der Waals surface area contributed by atoms with Gasteiger partial charge < -0.3 is 5.11 Å². The molecule has 0 spiro atoms. The normalized spacial score (nSPS) is 36.1. The zero-order chi connectivity index (χ0) is 9.47. The van der Waals surface area contributed by atoms with Crippen LogP contribution < -0.4 is 0 Å². The largest absolute Gasteiger partial charge is 0.479 e. The van der Waals surface area contributed by atoms with Crippen LogP contribution in [0.4, 0.5) is 4.39 Å². The number of alkyl halides is 1. The van der Waals surface area contributed by atoms with E-state index in [1.54, 1.807) is 0 Å². The second-order valence-electron chi connectivity index (χ2n) is 4.08. The van der Waals surface area contributed by atoms with Crippen LogP contribution in [0.1, 0.15) is 25.7 Å². The SMILES string of the molecule is O=C(O)C1(F)CCCN(C2CC2)C1. The average Bonchev–Trinajstić information content (AvgIpc) is 2.86. The lowest BCUT2D eigenvalue weighted by Gasteiger charge is -2.34. The predicted octanol–water partition coefficient (Wildman–Crippen LogP) is 1.04. The maximum absolute atomic E-state index is 13.7. The second-order valence-corrected chi connectivity index (χ2v) is 4.08. The third-order valence-corrected chi connectivity index (χ3v) is 2.92. The number of carboxylic acid groups (broad SMARTS) is 1. The highest BCUT2D eigenvalue weighted by Crippen LogP contribution is 2.34. The van der Waals surface area contributed by atoms with Gasteiger partial charge in [-0.3, -0.25) is 4.90 Å². The summed E-state index contributed by atoms with van der Waals surface area (Å²) in [7, 11) is 0. The number of hydrogen-bond acceptors (Lipinski definition) is 2. The van der Waals surface area contributed by atoms with E-state index in [1.165, 1.54) is 0 Å². The summed E-state index contributed by atoms with van der Waals surface area (Å²) in [6.45, 7) is 0.955. The van der Waals surface area contributed by atoms with Crippen molar-refractivity contribution in [3.63, 3.8) is 0 Å². The molecule has 2 rings (SSSR count). The Balaban J connectivity index is 2.01. The summed E-state index contributed by atoms with van der Waals surface area (Å²) in [5, 5.41) is 8.72. The van der Waals surface area contributed by atoms with Crippen LogP contribution in [-0.2, 0) is 4.79 Å². The third-order valence-electron chi connectivity index (χ3n) is 2.92. The highest BCUT2D eigenvalue weighted by Gasteiger charge is 2.45. The van der Waals surface area contributed by atoms with Gasteiger partial charge in [0.2, 0.25) is 5.67 Å². The summed E-state index contributed by atoms with van der Waals surface area (Å²) in [4.78, 5) is 12.6. The molecule has 1 saturated heterocycles. The van der Waals surface area contributed by atoms with Crippen molar-refractivity contribution in [2.24, 2.45) is 0 Å². The molecule has 1 heterocycles. The van der Waals surface area contributed by atoms with Crippen molar-refractivity contribution in [3.05, 3.63) is 0 Å². The Hall–Kier alpha value is -0.640. The van der Waals surface area contributed by atoms with Gasteiger partial charge in [0.25, 0.3) is 0 Å². The fraction of sp³-hybridized carbons (Fsp3) is 0.889. The Labute approximate surface area is 76.5 Å². The van der Waals surface area contributed by atoms with E-state index in [0.29, 0.717) is 12.5 Å². The molecule has 0 amide bonds. The Morgan fingerprint density at radius 3 is 2.77 bits per heavy atom. The Morgan fingerprint density at radius 1 is 1.54 bits per heavy atom. The van der Waals surface area contributed by atoms with Gasteiger partial charge >= 0.3 is 5.97 Å². The smallest absolute Gasteiger partial charge is 0.342 e. The maximum Gasteiger partial charge on any atom is 0.342 e. The molecule has 1 aliphatic heterocycles. The number of nitrogens with zero attached hydrogens (tertiary/aromatic N) is 1. The standard InChI is InChI=1S/C9H14FNO2/c10-9(8(12)13)4-1-5-11(6-9)7-2-3-7/h7H,1-6H2,(H,12,13). The summed E-state index contributed by atoms with van der Waals surface area (Å²) in [5.74, 6) is -1.29. The van der Waals surface area contributed by atoms with Gasteiger partial charge in [-0.05, 0) is 32.2 Å². The van der Waals surface area contributed by atoms with Gasteiger partial charge in [-0.15, -0.1) is 0 Å². The monoisotopic (exact) mass is 187 g/mol. The molecule has 2 fully saturated rings. The molecule has 74 valence electrons. The molecule has 4 heteroatoms. The first-order chi connectivity index (χ1) is 6.12. The molecule has 3 nitrogen and oxygen atoms in total. The minimum Gasteiger partial charge on any atom is -0.479 e. The van der Waals surface area contributed by atoms with Gasteiger partial charge in [0.05, 0.1) is 0 Å². The highest BCUT2D eigenvalue weighted by atomic mass is 19.1. The molecule has 1 N–H and O–H groups in total. The van der Waals surface area contributed by atoms with Crippen molar-refractivity contribution in [1.29, 1.82) is 0 Å². The van der Waals surface area contributed by atoms with Crippen LogP contribution in [0.2, 0.25) is 0 Å². The van der Waals surface area contributed by atoms with Crippen molar-refractivity contribution >= 4 is 5.97 Å². The zero-order valence-corrected chi connectivity index (χ0v) is 7.50. The van der Waals surface area contributed by atoms with E-state index in [2.05, 4.69) is 0 Å². The first-order valence-electron chi connectivity index (χ1n) is 4.78. The summed E-state index contributed by atoms with van der Waals surface area (Å²) in [6, 6.07) is 0.467. The summed E-state index contributed by atoms with van der Waals surface area (Å²) in [5.41, 5.74) is -1.99. The summed E-state index contributed by atoms with van der Waals surface area (Å²) in [6.07, 6.45) is 3.05. The zero-order valence-electron chi connectivity index (χ0n) is 7.50. The minimum absolute atomic E-state index is 0.0903. The fourth-order valence-electron chi connectivity index (χ4n) is 1.97. The molecular formula is C9H14FNO2. The van der Waals surface area contributed by atoms with E-state index in [0.717, 1.165) is 19.4 Å². The molecule has 0 aromatic rings. The molecule has 1 saturated carbocycles. The van der Waals surface area contributed by atoms with E-state index in [1.807, 2.05) is 4.90 Å². The van der Waals surface area contributed by atoms with E-state index in [9.17, 15) is 9.18 Å². The third kappa shape index (κ3) is 1.68. The molecule has 2 aliphatic rings. The molecule has 1 atom stereocenters. The topological polar surface area (TPSA) is 40.5 Å². The van der Waals surface area contributed by atoms with Crippen LogP contribution in [0.25, 0.3) is 0 Å². The maximum atomic E-state index is 13.7. The highest BCUT2D eigenvalue weighted by molar-refractivity contribution is 5.77. The molecule has 0 bridgehead atoms. The van der Waals surface area contributed by atoms with Gasteiger partial charge in [0.15, 0.2) is 0 Å². The number of halogens is 1. The first-order valence-corrected chi connectivity index (χ1v) is 4.78. The number of likely N-dealkylation sites (tertiary alicyclic amines) is 1. The quantitative estimate of drug-likeness (QED) is 0.702. The van der Waals surface area contributed by atoms with Crippen LogP contribution >= 0.6 is 0 Å². The minimum atomic E-state index is -1.99. The average molecular weight is 187 g/mol. The number of hydrogen-bond donors (Lipinski definition) is 1. The number of aliphatic carboxylic acids is 1. The molecule has 1 unspecified atom stereocenters. The van der Waals surface area contributed by atoms with Crippen molar-refractivity contribution in [3.8, 4) is 0 Å². The van der Waals surface area contributed by atoms with Crippen molar-refractivity contribution in [2.45, 2.75) is 37.4 Å². The van der Waals surface area contributed by atoms with Gasteiger partial charge in [-0.25, -0.2) is 9.18 Å². The lowest BCUT2D eigenvalue weighted by atomic mass is 9.95. The summed E-state index contributed by atoms with van der Waals surface area (Å²) < 4.78 is 13.7. The van der Waals surface area contributed by atoms with Gasteiger partial charge in [0, 0.05) is 12.6 Å². The number of carbonyl (C=O) groups is 1. The lowest BCUT2D eigenvalue weighted by Crippen LogP contribution is -2.50. The number of rotatable bonds is 2. The Bertz CT molecular complexity index is 230. The number of carboxylic acids is 1. The van der Waals surface area contributed by atoms with Crippen molar-refractivity contribution < 1.29 is 14.3 Å². The number of piperidine rings is 1. The van der Waals surface area contributed by atoms with E-state index >= 15 is 0 Å². The van der Waals surface area contributed by atoms with Crippen LogP contribution in [-0.4, -0.2) is 40.8 Å². The molecule has 0 aromatic carbocycles. The van der Waals surface area contributed by atoms with Crippen LogP contribution in [0.5, 0.6) is 0 Å². The Morgan fingerprint density at radius 2 is 2.23 bits per heavy atom. The van der Waals surface area contributed by atoms with Crippen molar-refractivity contribution in [1.82, 2.24) is 4.90 Å². The van der Waals surface area contributed by atoms with Gasteiger partial charge in [-0.1, -0.05) is 0 Å². The second kappa shape index (κ2) is 2.94. The van der Waals surface area contributed by atoms with Crippen LogP contribution in [0.3, 0.4) is 0 Å². The predicted molar refractivity (Wildman–Crippen MR) is 45.3 cm³/mol. The molecule has 13 heavy (non-hydrogen) atoms. The van der Waals surface area contributed by atoms with Crippen LogP contribution in [0.15, 0.2) is 0 Å². The van der Waals surface area contributed by atoms with E-state index in [-0.39, 0.29) is 13.0 Å². The van der Waals surface area contributed by atoms with Gasteiger partial charge in [0.1, 0.15) is 0 Å². The van der Waals surface area contributed by atoms with E-state index in [4.69, 9.17) is 5.11 Å².